The van der Waals surface area contributed by atoms with Gasteiger partial charge in [0.25, 0.3) is 0 Å². The maximum Gasteiger partial charge on any atom is 0.240 e. The van der Waals surface area contributed by atoms with Crippen molar-refractivity contribution in [2.24, 2.45) is 0 Å². The maximum absolute atomic E-state index is 12.2. The summed E-state index contributed by atoms with van der Waals surface area (Å²) in [5, 5.41) is 0. The van der Waals surface area contributed by atoms with Gasteiger partial charge < -0.3 is 9.47 Å². The minimum atomic E-state index is -3.51. The van der Waals surface area contributed by atoms with Crippen LogP contribution in [0.15, 0.2) is 53.4 Å². The van der Waals surface area contributed by atoms with E-state index in [9.17, 15) is 8.42 Å². The van der Waals surface area contributed by atoms with Crippen molar-refractivity contribution in [1.82, 2.24) is 4.72 Å². The van der Waals surface area contributed by atoms with Gasteiger partial charge in [-0.05, 0) is 49.7 Å². The molecule has 6 heteroatoms. The minimum absolute atomic E-state index is 0.198. The van der Waals surface area contributed by atoms with E-state index in [-0.39, 0.29) is 13.2 Å². The number of sulfonamides is 1. The van der Waals surface area contributed by atoms with E-state index in [2.05, 4.69) is 4.72 Å². The topological polar surface area (TPSA) is 64.6 Å². The Hall–Kier alpha value is -2.05. The third kappa shape index (κ3) is 4.97. The number of ether oxygens (including phenoxy) is 2. The van der Waals surface area contributed by atoms with Gasteiger partial charge in [0.1, 0.15) is 18.1 Å². The fourth-order valence-electron chi connectivity index (χ4n) is 2.08. The van der Waals surface area contributed by atoms with E-state index in [1.165, 1.54) is 0 Å². The summed E-state index contributed by atoms with van der Waals surface area (Å²) < 4.78 is 37.8. The molecule has 0 fully saturated rings. The van der Waals surface area contributed by atoms with Gasteiger partial charge in [0, 0.05) is 6.54 Å². The van der Waals surface area contributed by atoms with Crippen molar-refractivity contribution in [2.45, 2.75) is 18.7 Å². The van der Waals surface area contributed by atoms with Crippen molar-refractivity contribution in [1.29, 1.82) is 0 Å². The SMILES string of the molecule is CCOc1ccc(OCCNS(=O)(=O)c2ccccc2C)cc1. The molecule has 0 aliphatic heterocycles. The summed E-state index contributed by atoms with van der Waals surface area (Å²) in [6, 6.07) is 14.1. The number of aryl methyl sites for hydroxylation is 1. The lowest BCUT2D eigenvalue weighted by molar-refractivity contribution is 0.319. The molecule has 0 spiro atoms. The molecule has 0 atom stereocenters. The lowest BCUT2D eigenvalue weighted by atomic mass is 10.2. The summed E-state index contributed by atoms with van der Waals surface area (Å²) in [5.74, 6) is 1.45. The van der Waals surface area contributed by atoms with Crippen LogP contribution in [0.3, 0.4) is 0 Å². The van der Waals surface area contributed by atoms with Crippen LogP contribution in [0.25, 0.3) is 0 Å². The van der Waals surface area contributed by atoms with Crippen molar-refractivity contribution in [3.05, 3.63) is 54.1 Å². The van der Waals surface area contributed by atoms with Gasteiger partial charge in [-0.1, -0.05) is 18.2 Å². The highest BCUT2D eigenvalue weighted by Gasteiger charge is 2.15. The van der Waals surface area contributed by atoms with E-state index in [0.29, 0.717) is 22.8 Å². The van der Waals surface area contributed by atoms with Crippen LogP contribution >= 0.6 is 0 Å². The average molecular weight is 335 g/mol. The lowest BCUT2D eigenvalue weighted by Gasteiger charge is -2.10. The monoisotopic (exact) mass is 335 g/mol. The van der Waals surface area contributed by atoms with Gasteiger partial charge in [0.15, 0.2) is 0 Å². The molecular weight excluding hydrogens is 314 g/mol. The molecule has 1 N–H and O–H groups in total. The van der Waals surface area contributed by atoms with E-state index in [0.717, 1.165) is 5.75 Å². The first kappa shape index (κ1) is 17.3. The number of hydrogen-bond donors (Lipinski definition) is 1. The maximum atomic E-state index is 12.2. The predicted octanol–water partition coefficient (Wildman–Crippen LogP) is 2.75. The smallest absolute Gasteiger partial charge is 0.240 e. The average Bonchev–Trinajstić information content (AvgIpc) is 2.54. The number of hydrogen-bond acceptors (Lipinski definition) is 4. The zero-order valence-electron chi connectivity index (χ0n) is 13.3. The molecular formula is C17H21NO4S. The van der Waals surface area contributed by atoms with E-state index in [1.54, 1.807) is 37.3 Å². The fourth-order valence-corrected chi connectivity index (χ4v) is 3.34. The Morgan fingerprint density at radius 1 is 0.957 bits per heavy atom. The van der Waals surface area contributed by atoms with Crippen molar-refractivity contribution >= 4 is 10.0 Å². The summed E-state index contributed by atoms with van der Waals surface area (Å²) in [6.07, 6.45) is 0. The van der Waals surface area contributed by atoms with Crippen LogP contribution in [0.1, 0.15) is 12.5 Å². The minimum Gasteiger partial charge on any atom is -0.494 e. The molecule has 0 saturated heterocycles. The van der Waals surface area contributed by atoms with Gasteiger partial charge in [-0.15, -0.1) is 0 Å². The summed E-state index contributed by atoms with van der Waals surface area (Å²) in [6.45, 7) is 4.75. The van der Waals surface area contributed by atoms with Crippen LogP contribution < -0.4 is 14.2 Å². The van der Waals surface area contributed by atoms with Crippen LogP contribution in [-0.2, 0) is 10.0 Å². The molecule has 0 bridgehead atoms. The highest BCUT2D eigenvalue weighted by molar-refractivity contribution is 7.89. The van der Waals surface area contributed by atoms with E-state index in [4.69, 9.17) is 9.47 Å². The first-order chi connectivity index (χ1) is 11.0. The second kappa shape index (κ2) is 7.99. The van der Waals surface area contributed by atoms with Gasteiger partial charge in [-0.25, -0.2) is 13.1 Å². The molecule has 2 aromatic rings. The second-order valence-electron chi connectivity index (χ2n) is 4.92. The van der Waals surface area contributed by atoms with E-state index in [1.807, 2.05) is 25.1 Å². The molecule has 0 aliphatic rings. The second-order valence-corrected chi connectivity index (χ2v) is 6.65. The zero-order valence-corrected chi connectivity index (χ0v) is 14.1. The van der Waals surface area contributed by atoms with Crippen LogP contribution in [-0.4, -0.2) is 28.2 Å². The normalized spacial score (nSPS) is 11.2. The van der Waals surface area contributed by atoms with Crippen molar-refractivity contribution in [2.75, 3.05) is 19.8 Å². The van der Waals surface area contributed by atoms with Gasteiger partial charge in [0.05, 0.1) is 11.5 Å². The molecule has 23 heavy (non-hydrogen) atoms. The third-order valence-corrected chi connectivity index (χ3v) is 4.80. The molecule has 0 unspecified atom stereocenters. The van der Waals surface area contributed by atoms with Gasteiger partial charge in [-0.3, -0.25) is 0 Å². The number of benzene rings is 2. The molecule has 0 aliphatic carbocycles. The summed E-state index contributed by atoms with van der Waals surface area (Å²) in [4.78, 5) is 0.293. The third-order valence-electron chi connectivity index (χ3n) is 3.18. The lowest BCUT2D eigenvalue weighted by Crippen LogP contribution is -2.28. The Morgan fingerprint density at radius 3 is 2.17 bits per heavy atom. The van der Waals surface area contributed by atoms with Gasteiger partial charge >= 0.3 is 0 Å². The van der Waals surface area contributed by atoms with Crippen LogP contribution in [0.2, 0.25) is 0 Å². The van der Waals surface area contributed by atoms with Crippen LogP contribution in [0.4, 0.5) is 0 Å². The Balaban J connectivity index is 1.84. The molecule has 0 radical (unpaired) electrons. The highest BCUT2D eigenvalue weighted by atomic mass is 32.2. The van der Waals surface area contributed by atoms with E-state index < -0.39 is 10.0 Å². The van der Waals surface area contributed by atoms with Crippen LogP contribution in [0, 0.1) is 6.92 Å². The van der Waals surface area contributed by atoms with Crippen LogP contribution in [0.5, 0.6) is 11.5 Å². The summed E-state index contributed by atoms with van der Waals surface area (Å²) in [5.41, 5.74) is 0.715. The summed E-state index contributed by atoms with van der Waals surface area (Å²) in [7, 11) is -3.51. The van der Waals surface area contributed by atoms with Gasteiger partial charge in [-0.2, -0.15) is 0 Å². The van der Waals surface area contributed by atoms with Crippen molar-refractivity contribution in [3.8, 4) is 11.5 Å². The quantitative estimate of drug-likeness (QED) is 0.754. The molecule has 0 aromatic heterocycles. The Labute approximate surface area is 137 Å². The van der Waals surface area contributed by atoms with Crippen molar-refractivity contribution in [3.63, 3.8) is 0 Å². The van der Waals surface area contributed by atoms with E-state index >= 15 is 0 Å². The number of rotatable bonds is 8. The first-order valence-corrected chi connectivity index (χ1v) is 8.92. The highest BCUT2D eigenvalue weighted by Crippen LogP contribution is 2.17. The fraction of sp³-hybridized carbons (Fsp3) is 0.294. The molecule has 5 nitrogen and oxygen atoms in total. The molecule has 124 valence electrons. The largest absolute Gasteiger partial charge is 0.494 e. The molecule has 0 saturated carbocycles. The molecule has 0 amide bonds. The predicted molar refractivity (Wildman–Crippen MR) is 89.5 cm³/mol. The molecule has 0 heterocycles. The molecule has 2 rings (SSSR count). The Bertz CT molecular complexity index is 727. The number of nitrogens with one attached hydrogen (secondary N) is 1. The first-order valence-electron chi connectivity index (χ1n) is 7.44. The van der Waals surface area contributed by atoms with Gasteiger partial charge in [0.2, 0.25) is 10.0 Å². The van der Waals surface area contributed by atoms with Crippen molar-refractivity contribution < 1.29 is 17.9 Å². The Kier molecular flexibility index (Phi) is 6.01. The summed E-state index contributed by atoms with van der Waals surface area (Å²) >= 11 is 0. The standard InChI is InChI=1S/C17H21NO4S/c1-3-21-15-8-10-16(11-9-15)22-13-12-18-23(19,20)17-7-5-4-6-14(17)2/h4-11,18H,3,12-13H2,1-2H3. The zero-order chi connectivity index (χ0) is 16.7. The molecule has 2 aromatic carbocycles. The Morgan fingerprint density at radius 2 is 1.57 bits per heavy atom.